The van der Waals surface area contributed by atoms with Gasteiger partial charge in [0.05, 0.1) is 12.7 Å². The number of aryl methyl sites for hydroxylation is 3. The molecule has 4 rings (SSSR count). The highest BCUT2D eigenvalue weighted by atomic mass is 16.5. The third kappa shape index (κ3) is 3.36. The minimum Gasteiger partial charge on any atom is -0.464 e. The fourth-order valence-corrected chi connectivity index (χ4v) is 4.01. The lowest BCUT2D eigenvalue weighted by molar-refractivity contribution is -0.123. The maximum atomic E-state index is 12.9. The van der Waals surface area contributed by atoms with Crippen molar-refractivity contribution in [3.63, 3.8) is 0 Å². The molecule has 142 valence electrons. The number of carbonyl (C=O) groups is 1. The van der Waals surface area contributed by atoms with Crippen molar-refractivity contribution in [3.8, 4) is 0 Å². The van der Waals surface area contributed by atoms with Crippen LogP contribution in [-0.2, 0) is 16.8 Å². The molecule has 3 aromatic rings. The third-order valence-corrected chi connectivity index (χ3v) is 5.66. The zero-order chi connectivity index (χ0) is 19.0. The van der Waals surface area contributed by atoms with Gasteiger partial charge in [0, 0.05) is 17.9 Å². The first-order valence-electron chi connectivity index (χ1n) is 9.56. The maximum absolute atomic E-state index is 12.9. The van der Waals surface area contributed by atoms with E-state index in [-0.39, 0.29) is 12.3 Å². The van der Waals surface area contributed by atoms with Gasteiger partial charge in [-0.1, -0.05) is 24.4 Å². The van der Waals surface area contributed by atoms with Gasteiger partial charge in [-0.25, -0.2) is 0 Å². The minimum absolute atomic E-state index is 0.0414. The largest absolute Gasteiger partial charge is 0.464 e. The lowest BCUT2D eigenvalue weighted by Crippen LogP contribution is -2.48. The summed E-state index contributed by atoms with van der Waals surface area (Å²) in [5.74, 6) is 1.08. The van der Waals surface area contributed by atoms with Gasteiger partial charge in [-0.3, -0.25) is 4.79 Å². The number of rotatable bonds is 4. The molecular weight excluding hydrogens is 342 g/mol. The van der Waals surface area contributed by atoms with Gasteiger partial charge in [0.2, 0.25) is 11.8 Å². The number of amides is 1. The standard InChI is InChI=1S/C21H25N3O3/c1-13-9-17-16(12-26-18(17)10-14(13)2)11-19(25)23-21(7-5-4-6-8-21)20-22-15(3)27-24-20/h9-10,12H,4-8,11H2,1-3H3,(H,23,25). The highest BCUT2D eigenvalue weighted by molar-refractivity contribution is 5.88. The van der Waals surface area contributed by atoms with Crippen LogP contribution in [0.15, 0.2) is 27.3 Å². The summed E-state index contributed by atoms with van der Waals surface area (Å²) in [6.45, 7) is 5.90. The summed E-state index contributed by atoms with van der Waals surface area (Å²) in [7, 11) is 0. The van der Waals surface area contributed by atoms with Crippen molar-refractivity contribution >= 4 is 16.9 Å². The maximum Gasteiger partial charge on any atom is 0.225 e. The number of carbonyl (C=O) groups excluding carboxylic acids is 1. The van der Waals surface area contributed by atoms with Gasteiger partial charge in [0.15, 0.2) is 5.82 Å². The van der Waals surface area contributed by atoms with Crippen LogP contribution in [0.1, 0.15) is 60.5 Å². The molecule has 27 heavy (non-hydrogen) atoms. The summed E-state index contributed by atoms with van der Waals surface area (Å²) in [6.07, 6.45) is 6.88. The molecule has 0 atom stereocenters. The van der Waals surface area contributed by atoms with Crippen LogP contribution in [0.4, 0.5) is 0 Å². The number of hydrogen-bond donors (Lipinski definition) is 1. The predicted octanol–water partition coefficient (Wildman–Crippen LogP) is 4.26. The Morgan fingerprint density at radius 3 is 2.59 bits per heavy atom. The van der Waals surface area contributed by atoms with Crippen molar-refractivity contribution in [2.24, 2.45) is 0 Å². The first-order chi connectivity index (χ1) is 13.0. The van der Waals surface area contributed by atoms with E-state index in [4.69, 9.17) is 8.94 Å². The molecule has 0 unspecified atom stereocenters. The van der Waals surface area contributed by atoms with Crippen LogP contribution < -0.4 is 5.32 Å². The monoisotopic (exact) mass is 367 g/mol. The average molecular weight is 367 g/mol. The molecule has 1 fully saturated rings. The van der Waals surface area contributed by atoms with Gasteiger partial charge in [-0.2, -0.15) is 4.98 Å². The lowest BCUT2D eigenvalue weighted by atomic mass is 9.80. The molecule has 1 aliphatic carbocycles. The number of hydrogen-bond acceptors (Lipinski definition) is 5. The van der Waals surface area contributed by atoms with Gasteiger partial charge < -0.3 is 14.3 Å². The first-order valence-corrected chi connectivity index (χ1v) is 9.56. The van der Waals surface area contributed by atoms with E-state index in [0.29, 0.717) is 11.7 Å². The molecule has 2 aromatic heterocycles. The Hall–Kier alpha value is -2.63. The number of aromatic nitrogens is 2. The highest BCUT2D eigenvalue weighted by Gasteiger charge is 2.39. The van der Waals surface area contributed by atoms with Crippen LogP contribution in [0, 0.1) is 20.8 Å². The van der Waals surface area contributed by atoms with Crippen LogP contribution in [0.25, 0.3) is 11.0 Å². The zero-order valence-electron chi connectivity index (χ0n) is 16.1. The predicted molar refractivity (Wildman–Crippen MR) is 101 cm³/mol. The Morgan fingerprint density at radius 1 is 1.15 bits per heavy atom. The summed E-state index contributed by atoms with van der Waals surface area (Å²) in [5, 5.41) is 8.34. The van der Waals surface area contributed by atoms with E-state index < -0.39 is 5.54 Å². The number of nitrogens with one attached hydrogen (secondary N) is 1. The second-order valence-electron chi connectivity index (χ2n) is 7.70. The zero-order valence-corrected chi connectivity index (χ0v) is 16.1. The van der Waals surface area contributed by atoms with E-state index in [0.717, 1.165) is 42.2 Å². The molecule has 6 nitrogen and oxygen atoms in total. The molecule has 0 bridgehead atoms. The molecule has 0 radical (unpaired) electrons. The summed E-state index contributed by atoms with van der Waals surface area (Å²) < 4.78 is 10.9. The van der Waals surface area contributed by atoms with Crippen LogP contribution >= 0.6 is 0 Å². The van der Waals surface area contributed by atoms with Crippen LogP contribution in [0.3, 0.4) is 0 Å². The Labute approximate surface area is 158 Å². The molecule has 1 N–H and O–H groups in total. The molecule has 0 saturated heterocycles. The number of furan rings is 1. The fraction of sp³-hybridized carbons (Fsp3) is 0.476. The number of nitrogens with zero attached hydrogens (tertiary/aromatic N) is 2. The molecule has 1 aliphatic rings. The fourth-order valence-electron chi connectivity index (χ4n) is 4.01. The number of fused-ring (bicyclic) bond motifs is 1. The van der Waals surface area contributed by atoms with Crippen molar-refractivity contribution in [1.82, 2.24) is 15.5 Å². The Kier molecular flexibility index (Phi) is 4.50. The SMILES string of the molecule is Cc1nc(C2(NC(=O)Cc3coc4cc(C)c(C)cc34)CCCCC2)no1. The molecule has 2 heterocycles. The molecule has 6 heteroatoms. The van der Waals surface area contributed by atoms with E-state index >= 15 is 0 Å². The molecule has 1 aromatic carbocycles. The van der Waals surface area contributed by atoms with E-state index in [1.807, 2.05) is 6.07 Å². The van der Waals surface area contributed by atoms with Crippen molar-refractivity contribution in [1.29, 1.82) is 0 Å². The topological polar surface area (TPSA) is 81.2 Å². The van der Waals surface area contributed by atoms with E-state index in [9.17, 15) is 4.79 Å². The smallest absolute Gasteiger partial charge is 0.225 e. The Balaban J connectivity index is 1.58. The summed E-state index contributed by atoms with van der Waals surface area (Å²) in [5.41, 5.74) is 3.57. The van der Waals surface area contributed by atoms with E-state index in [1.54, 1.807) is 13.2 Å². The average Bonchev–Trinajstić information content (AvgIpc) is 3.24. The van der Waals surface area contributed by atoms with Crippen molar-refractivity contribution in [2.45, 2.75) is 64.8 Å². The van der Waals surface area contributed by atoms with Crippen LogP contribution in [0.2, 0.25) is 0 Å². The third-order valence-electron chi connectivity index (χ3n) is 5.66. The minimum atomic E-state index is -0.529. The highest BCUT2D eigenvalue weighted by Crippen LogP contribution is 2.36. The van der Waals surface area contributed by atoms with Gasteiger partial charge in [-0.05, 0) is 49.9 Å². The molecule has 0 spiro atoms. The quantitative estimate of drug-likeness (QED) is 0.745. The van der Waals surface area contributed by atoms with E-state index in [2.05, 4.69) is 35.4 Å². The summed E-state index contributed by atoms with van der Waals surface area (Å²) in [4.78, 5) is 17.3. The summed E-state index contributed by atoms with van der Waals surface area (Å²) in [6, 6.07) is 4.12. The van der Waals surface area contributed by atoms with Gasteiger partial charge in [-0.15, -0.1) is 0 Å². The second kappa shape index (κ2) is 6.83. The van der Waals surface area contributed by atoms with Crippen LogP contribution in [0.5, 0.6) is 0 Å². The molecule has 1 amide bonds. The first kappa shape index (κ1) is 17.8. The normalized spacial score (nSPS) is 16.6. The lowest BCUT2D eigenvalue weighted by Gasteiger charge is -2.35. The van der Waals surface area contributed by atoms with Crippen molar-refractivity contribution in [3.05, 3.63) is 46.8 Å². The molecule has 0 aliphatic heterocycles. The van der Waals surface area contributed by atoms with Crippen molar-refractivity contribution < 1.29 is 13.7 Å². The summed E-state index contributed by atoms with van der Waals surface area (Å²) >= 11 is 0. The van der Waals surface area contributed by atoms with Gasteiger partial charge in [0.25, 0.3) is 0 Å². The van der Waals surface area contributed by atoms with Crippen molar-refractivity contribution in [2.75, 3.05) is 0 Å². The molecular formula is C21H25N3O3. The van der Waals surface area contributed by atoms with Gasteiger partial charge in [0.1, 0.15) is 11.1 Å². The number of benzene rings is 1. The Bertz CT molecular complexity index is 980. The van der Waals surface area contributed by atoms with E-state index in [1.165, 1.54) is 17.5 Å². The molecule has 1 saturated carbocycles. The second-order valence-corrected chi connectivity index (χ2v) is 7.70. The Morgan fingerprint density at radius 2 is 1.89 bits per heavy atom. The van der Waals surface area contributed by atoms with Gasteiger partial charge >= 0.3 is 0 Å². The van der Waals surface area contributed by atoms with Crippen LogP contribution in [-0.4, -0.2) is 16.0 Å².